The molecule has 3 rings (SSSR count). The van der Waals surface area contributed by atoms with Crippen molar-refractivity contribution in [2.24, 2.45) is 11.7 Å². The Morgan fingerprint density at radius 3 is 2.35 bits per heavy atom. The molecule has 7 heteroatoms. The fourth-order valence-electron chi connectivity index (χ4n) is 2.82. The summed E-state index contributed by atoms with van der Waals surface area (Å²) in [7, 11) is 0. The molecule has 26 heavy (non-hydrogen) atoms. The largest absolute Gasteiger partial charge is 0.416 e. The molecule has 3 nitrogen and oxygen atoms in total. The lowest BCUT2D eigenvalue weighted by atomic mass is 10.0. The fourth-order valence-corrected chi connectivity index (χ4v) is 2.94. The van der Waals surface area contributed by atoms with E-state index in [1.165, 1.54) is 6.07 Å². The number of hydrogen-bond acceptors (Lipinski definition) is 2. The number of fused-ring (bicyclic) bond motifs is 1. The van der Waals surface area contributed by atoms with Gasteiger partial charge in [-0.3, -0.25) is 0 Å². The molecule has 0 bridgehead atoms. The van der Waals surface area contributed by atoms with E-state index >= 15 is 0 Å². The molecular formula is C19H19ClF3N3. The number of hydrogen-bond donors (Lipinski definition) is 1. The quantitative estimate of drug-likeness (QED) is 0.656. The van der Waals surface area contributed by atoms with Gasteiger partial charge in [0.2, 0.25) is 0 Å². The predicted octanol–water partition coefficient (Wildman–Crippen LogP) is 5.41. The summed E-state index contributed by atoms with van der Waals surface area (Å²) in [5, 5.41) is 0.623. The van der Waals surface area contributed by atoms with Crippen LogP contribution in [0.2, 0.25) is 5.02 Å². The van der Waals surface area contributed by atoms with Crippen molar-refractivity contribution in [1.82, 2.24) is 9.55 Å². The van der Waals surface area contributed by atoms with Gasteiger partial charge in [-0.1, -0.05) is 37.6 Å². The van der Waals surface area contributed by atoms with Gasteiger partial charge in [0.15, 0.2) is 0 Å². The Morgan fingerprint density at radius 2 is 1.77 bits per heavy atom. The minimum atomic E-state index is -4.41. The molecule has 138 valence electrons. The minimum Gasteiger partial charge on any atom is -0.322 e. The van der Waals surface area contributed by atoms with Crippen LogP contribution in [-0.4, -0.2) is 9.55 Å². The van der Waals surface area contributed by atoms with E-state index in [1.807, 2.05) is 30.5 Å². The summed E-state index contributed by atoms with van der Waals surface area (Å²) < 4.78 is 40.9. The van der Waals surface area contributed by atoms with E-state index < -0.39 is 11.7 Å². The Balaban J connectivity index is 2.13. The number of nitrogens with two attached hydrogens (primary N) is 1. The summed E-state index contributed by atoms with van der Waals surface area (Å²) in [6.07, 6.45) is -4.41. The third-order valence-corrected chi connectivity index (χ3v) is 4.63. The van der Waals surface area contributed by atoms with Crippen LogP contribution in [0.15, 0.2) is 42.5 Å². The SMILES string of the molecule is CC(C)[C@H](N)c1nc2cc(C(F)(F)F)ccc2n1Cc1ccc(Cl)cc1. The van der Waals surface area contributed by atoms with E-state index in [1.54, 1.807) is 12.1 Å². The van der Waals surface area contributed by atoms with Crippen LogP contribution < -0.4 is 5.73 Å². The van der Waals surface area contributed by atoms with Crippen LogP contribution in [-0.2, 0) is 12.7 Å². The Morgan fingerprint density at radius 1 is 1.12 bits per heavy atom. The minimum absolute atomic E-state index is 0.0952. The summed E-state index contributed by atoms with van der Waals surface area (Å²) >= 11 is 5.93. The fraction of sp³-hybridized carbons (Fsp3) is 0.316. The lowest BCUT2D eigenvalue weighted by Crippen LogP contribution is -2.22. The van der Waals surface area contributed by atoms with Crippen molar-refractivity contribution in [2.75, 3.05) is 0 Å². The average molecular weight is 382 g/mol. The van der Waals surface area contributed by atoms with E-state index in [9.17, 15) is 13.2 Å². The van der Waals surface area contributed by atoms with Crippen molar-refractivity contribution >= 4 is 22.6 Å². The van der Waals surface area contributed by atoms with Crippen molar-refractivity contribution in [3.63, 3.8) is 0 Å². The first-order valence-corrected chi connectivity index (χ1v) is 8.62. The normalized spacial score (nSPS) is 13.5. The van der Waals surface area contributed by atoms with Crippen LogP contribution >= 0.6 is 11.6 Å². The summed E-state index contributed by atoms with van der Waals surface area (Å²) in [5.41, 5.74) is 7.44. The maximum Gasteiger partial charge on any atom is 0.416 e. The van der Waals surface area contributed by atoms with E-state index in [-0.39, 0.29) is 12.0 Å². The summed E-state index contributed by atoms with van der Waals surface area (Å²) in [6, 6.07) is 10.5. The van der Waals surface area contributed by atoms with Gasteiger partial charge in [-0.15, -0.1) is 0 Å². The van der Waals surface area contributed by atoms with E-state index in [4.69, 9.17) is 17.3 Å². The molecule has 0 saturated heterocycles. The maximum absolute atomic E-state index is 13.0. The molecule has 3 aromatic rings. The molecule has 0 spiro atoms. The molecule has 0 aliphatic carbocycles. The van der Waals surface area contributed by atoms with Gasteiger partial charge in [-0.25, -0.2) is 4.98 Å². The molecule has 0 aliphatic heterocycles. The zero-order chi connectivity index (χ0) is 19.1. The third-order valence-electron chi connectivity index (χ3n) is 4.38. The highest BCUT2D eigenvalue weighted by atomic mass is 35.5. The van der Waals surface area contributed by atoms with E-state index in [0.29, 0.717) is 28.4 Å². The molecule has 0 fully saturated rings. The maximum atomic E-state index is 13.0. The molecule has 0 aliphatic rings. The highest BCUT2D eigenvalue weighted by Crippen LogP contribution is 2.33. The summed E-state index contributed by atoms with van der Waals surface area (Å²) in [6.45, 7) is 4.37. The zero-order valence-electron chi connectivity index (χ0n) is 14.4. The molecule has 0 radical (unpaired) electrons. The molecule has 1 aromatic heterocycles. The van der Waals surface area contributed by atoms with Gasteiger partial charge in [-0.2, -0.15) is 13.2 Å². The topological polar surface area (TPSA) is 43.8 Å². The first-order valence-electron chi connectivity index (χ1n) is 8.24. The Bertz CT molecular complexity index is 914. The van der Waals surface area contributed by atoms with Crippen LogP contribution in [0.3, 0.4) is 0 Å². The van der Waals surface area contributed by atoms with Crippen molar-refractivity contribution in [2.45, 2.75) is 32.6 Å². The number of benzene rings is 2. The molecule has 2 N–H and O–H groups in total. The Labute approximate surface area is 154 Å². The van der Waals surface area contributed by atoms with Gasteiger partial charge in [0, 0.05) is 11.6 Å². The lowest BCUT2D eigenvalue weighted by Gasteiger charge is -2.18. The summed E-state index contributed by atoms with van der Waals surface area (Å²) in [4.78, 5) is 4.43. The highest BCUT2D eigenvalue weighted by Gasteiger charge is 2.31. The van der Waals surface area contributed by atoms with Crippen LogP contribution in [0.1, 0.15) is 36.8 Å². The zero-order valence-corrected chi connectivity index (χ0v) is 15.1. The molecule has 0 amide bonds. The Hall–Kier alpha value is -2.05. The van der Waals surface area contributed by atoms with Gasteiger partial charge in [0.05, 0.1) is 22.6 Å². The van der Waals surface area contributed by atoms with Gasteiger partial charge < -0.3 is 10.3 Å². The van der Waals surface area contributed by atoms with Crippen molar-refractivity contribution in [1.29, 1.82) is 0 Å². The smallest absolute Gasteiger partial charge is 0.322 e. The van der Waals surface area contributed by atoms with Crippen molar-refractivity contribution < 1.29 is 13.2 Å². The number of nitrogens with zero attached hydrogens (tertiary/aromatic N) is 2. The second kappa shape index (κ2) is 6.93. The standard InChI is InChI=1S/C19H19ClF3N3/c1-11(2)17(24)18-25-15-9-13(19(21,22)23)5-8-16(15)26(18)10-12-3-6-14(20)7-4-12/h3-9,11,17H,10,24H2,1-2H3/t17-/m0/s1. The predicted molar refractivity (Wildman–Crippen MR) is 97.1 cm³/mol. The first-order chi connectivity index (χ1) is 12.2. The number of alkyl halides is 3. The Kier molecular flexibility index (Phi) is 4.99. The summed E-state index contributed by atoms with van der Waals surface area (Å²) in [5.74, 6) is 0.669. The number of imidazole rings is 1. The van der Waals surface area contributed by atoms with Gasteiger partial charge in [0.1, 0.15) is 5.82 Å². The highest BCUT2D eigenvalue weighted by molar-refractivity contribution is 6.30. The third kappa shape index (κ3) is 3.71. The second-order valence-corrected chi connectivity index (χ2v) is 7.09. The number of rotatable bonds is 4. The van der Waals surface area contributed by atoms with Crippen molar-refractivity contribution in [3.8, 4) is 0 Å². The van der Waals surface area contributed by atoms with Gasteiger partial charge >= 0.3 is 6.18 Å². The van der Waals surface area contributed by atoms with Gasteiger partial charge in [-0.05, 0) is 41.8 Å². The molecule has 1 atom stereocenters. The average Bonchev–Trinajstić information content (AvgIpc) is 2.93. The molecule has 0 saturated carbocycles. The molecule has 2 aromatic carbocycles. The lowest BCUT2D eigenvalue weighted by molar-refractivity contribution is -0.137. The van der Waals surface area contributed by atoms with E-state index in [0.717, 1.165) is 17.7 Å². The first kappa shape index (κ1) is 18.7. The van der Waals surface area contributed by atoms with Crippen LogP contribution in [0.4, 0.5) is 13.2 Å². The van der Waals surface area contributed by atoms with Crippen LogP contribution in [0.5, 0.6) is 0 Å². The van der Waals surface area contributed by atoms with Crippen LogP contribution in [0, 0.1) is 5.92 Å². The number of halogens is 4. The van der Waals surface area contributed by atoms with Crippen molar-refractivity contribution in [3.05, 3.63) is 64.4 Å². The van der Waals surface area contributed by atoms with Gasteiger partial charge in [0.25, 0.3) is 0 Å². The molecule has 0 unspecified atom stereocenters. The van der Waals surface area contributed by atoms with E-state index in [2.05, 4.69) is 4.98 Å². The molecule has 1 heterocycles. The molecular weight excluding hydrogens is 363 g/mol. The monoisotopic (exact) mass is 381 g/mol. The van der Waals surface area contributed by atoms with Crippen LogP contribution in [0.25, 0.3) is 11.0 Å². The number of aromatic nitrogens is 2. The second-order valence-electron chi connectivity index (χ2n) is 6.65.